The van der Waals surface area contributed by atoms with Gasteiger partial charge in [0.25, 0.3) is 0 Å². The molecule has 1 aliphatic carbocycles. The van der Waals surface area contributed by atoms with Crippen LogP contribution < -0.4 is 15.5 Å². The highest BCUT2D eigenvalue weighted by atomic mass is 19.1. The Bertz CT molecular complexity index is 1230. The number of likely N-dealkylation sites (N-methyl/N-ethyl adjacent to an activating group) is 1. The molecular formula is C28H31FN4O2. The molecule has 1 saturated carbocycles. The van der Waals surface area contributed by atoms with Crippen LogP contribution in [0.4, 0.5) is 10.1 Å². The summed E-state index contributed by atoms with van der Waals surface area (Å²) in [5, 5.41) is 15.9. The Kier molecular flexibility index (Phi) is 5.68. The molecule has 35 heavy (non-hydrogen) atoms. The van der Waals surface area contributed by atoms with Gasteiger partial charge in [-0.1, -0.05) is 24.3 Å². The Morgan fingerprint density at radius 2 is 1.91 bits per heavy atom. The lowest BCUT2D eigenvalue weighted by atomic mass is 9.71. The molecule has 2 N–H and O–H groups in total. The van der Waals surface area contributed by atoms with Crippen LogP contribution in [0, 0.1) is 23.1 Å². The summed E-state index contributed by atoms with van der Waals surface area (Å²) >= 11 is 0. The van der Waals surface area contributed by atoms with Crippen molar-refractivity contribution in [3.63, 3.8) is 0 Å². The molecule has 0 spiro atoms. The van der Waals surface area contributed by atoms with Crippen molar-refractivity contribution < 1.29 is 14.0 Å². The van der Waals surface area contributed by atoms with E-state index in [4.69, 9.17) is 0 Å². The molecule has 4 aliphatic rings. The standard InChI is InChI=1S/C28H31FN4O2/c1-27(2)22-7-6-19(14-24(22)33(3)26(27)35)18-4-5-20(23(29)13-18)12-21(15-30)32-25(34)28-10-8-17(9-11-28)16-31-28/h4-7,13-14,17,21,31H,8-12,16H2,1-3H3,(H,32,34). The van der Waals surface area contributed by atoms with E-state index in [1.54, 1.807) is 18.0 Å². The lowest BCUT2D eigenvalue weighted by Crippen LogP contribution is -2.64. The number of amides is 2. The van der Waals surface area contributed by atoms with Crippen LogP contribution in [0.25, 0.3) is 11.1 Å². The maximum absolute atomic E-state index is 15.1. The van der Waals surface area contributed by atoms with Crippen LogP contribution in [-0.2, 0) is 21.4 Å². The Labute approximate surface area is 205 Å². The lowest BCUT2D eigenvalue weighted by molar-refractivity contribution is -0.131. The SMILES string of the molecule is CN1C(=O)C(C)(C)c2ccc(-c3ccc(CC(C#N)NC(=O)C45CCC(CC4)CN5)c(F)c3)cc21. The first-order valence-electron chi connectivity index (χ1n) is 12.3. The molecule has 0 radical (unpaired) electrons. The van der Waals surface area contributed by atoms with Crippen LogP contribution in [-0.4, -0.2) is 37.0 Å². The van der Waals surface area contributed by atoms with Gasteiger partial charge in [-0.25, -0.2) is 4.39 Å². The van der Waals surface area contributed by atoms with Gasteiger partial charge in [-0.3, -0.25) is 9.59 Å². The highest BCUT2D eigenvalue weighted by Crippen LogP contribution is 2.42. The predicted molar refractivity (Wildman–Crippen MR) is 132 cm³/mol. The molecule has 2 amide bonds. The smallest absolute Gasteiger partial charge is 0.241 e. The van der Waals surface area contributed by atoms with Crippen molar-refractivity contribution in [2.45, 2.75) is 62.9 Å². The van der Waals surface area contributed by atoms with Gasteiger partial charge in [0.2, 0.25) is 11.8 Å². The van der Waals surface area contributed by atoms with E-state index < -0.39 is 22.8 Å². The first-order valence-corrected chi connectivity index (χ1v) is 12.3. The van der Waals surface area contributed by atoms with Crippen molar-refractivity contribution in [2.24, 2.45) is 5.92 Å². The third-order valence-corrected chi connectivity index (χ3v) is 8.27. The van der Waals surface area contributed by atoms with Crippen LogP contribution in [0.5, 0.6) is 0 Å². The van der Waals surface area contributed by atoms with Gasteiger partial charge in [0.1, 0.15) is 11.9 Å². The summed E-state index contributed by atoms with van der Waals surface area (Å²) in [5.74, 6) is 0.101. The number of carbonyl (C=O) groups excluding carboxylic acids is 2. The summed E-state index contributed by atoms with van der Waals surface area (Å²) in [4.78, 5) is 27.2. The van der Waals surface area contributed by atoms with Crippen LogP contribution in [0.1, 0.15) is 50.7 Å². The maximum Gasteiger partial charge on any atom is 0.241 e. The molecule has 0 aromatic heterocycles. The summed E-state index contributed by atoms with van der Waals surface area (Å²) in [6.07, 6.45) is 3.71. The van der Waals surface area contributed by atoms with Gasteiger partial charge in [0.05, 0.1) is 17.0 Å². The van der Waals surface area contributed by atoms with Gasteiger partial charge < -0.3 is 15.5 Å². The number of piperidine rings is 2. The molecule has 1 atom stereocenters. The number of hydrogen-bond acceptors (Lipinski definition) is 4. The molecule has 1 unspecified atom stereocenters. The second-order valence-corrected chi connectivity index (χ2v) is 10.8. The van der Waals surface area contributed by atoms with E-state index >= 15 is 4.39 Å². The van der Waals surface area contributed by atoms with Crippen LogP contribution in [0.15, 0.2) is 36.4 Å². The molecule has 182 valence electrons. The monoisotopic (exact) mass is 474 g/mol. The van der Waals surface area contributed by atoms with Gasteiger partial charge in [0, 0.05) is 19.2 Å². The molecule has 6 rings (SSSR count). The van der Waals surface area contributed by atoms with Gasteiger partial charge in [-0.15, -0.1) is 0 Å². The first kappa shape index (κ1) is 23.5. The number of carbonyl (C=O) groups is 2. The number of fused-ring (bicyclic) bond motifs is 4. The molecule has 3 aliphatic heterocycles. The minimum atomic E-state index is -0.805. The largest absolute Gasteiger partial charge is 0.338 e. The van der Waals surface area contributed by atoms with E-state index in [1.165, 1.54) is 6.07 Å². The minimum absolute atomic E-state index is 0.0341. The average Bonchev–Trinajstić information content (AvgIpc) is 3.05. The third-order valence-electron chi connectivity index (χ3n) is 8.27. The number of anilines is 1. The van der Waals surface area contributed by atoms with E-state index in [2.05, 4.69) is 16.7 Å². The second-order valence-electron chi connectivity index (χ2n) is 10.8. The Balaban J connectivity index is 1.32. The zero-order valence-electron chi connectivity index (χ0n) is 20.5. The molecule has 2 bridgehead atoms. The Morgan fingerprint density at radius 3 is 2.54 bits per heavy atom. The number of rotatable bonds is 5. The van der Waals surface area contributed by atoms with E-state index in [0.717, 1.165) is 49.0 Å². The van der Waals surface area contributed by atoms with Crippen LogP contribution >= 0.6 is 0 Å². The summed E-state index contributed by atoms with van der Waals surface area (Å²) < 4.78 is 15.1. The van der Waals surface area contributed by atoms with Gasteiger partial charge in [-0.2, -0.15) is 5.26 Å². The number of nitrogens with zero attached hydrogens (tertiary/aromatic N) is 2. The number of hydrogen-bond donors (Lipinski definition) is 2. The number of nitriles is 1. The fourth-order valence-corrected chi connectivity index (χ4v) is 5.90. The van der Waals surface area contributed by atoms with Crippen molar-refractivity contribution >= 4 is 17.5 Å². The molecular weight excluding hydrogens is 443 g/mol. The maximum atomic E-state index is 15.1. The summed E-state index contributed by atoms with van der Waals surface area (Å²) in [7, 11) is 1.76. The zero-order valence-corrected chi connectivity index (χ0v) is 20.5. The van der Waals surface area contributed by atoms with E-state index in [1.807, 2.05) is 38.1 Å². The lowest BCUT2D eigenvalue weighted by Gasteiger charge is -2.46. The van der Waals surface area contributed by atoms with Gasteiger partial charge >= 0.3 is 0 Å². The highest BCUT2D eigenvalue weighted by Gasteiger charge is 2.46. The summed E-state index contributed by atoms with van der Waals surface area (Å²) in [6, 6.07) is 12.0. The fourth-order valence-electron chi connectivity index (χ4n) is 5.90. The molecule has 3 fully saturated rings. The topological polar surface area (TPSA) is 85.2 Å². The van der Waals surface area contributed by atoms with Crippen molar-refractivity contribution in [1.82, 2.24) is 10.6 Å². The van der Waals surface area contributed by atoms with Crippen molar-refractivity contribution in [3.8, 4) is 17.2 Å². The van der Waals surface area contributed by atoms with Crippen LogP contribution in [0.2, 0.25) is 0 Å². The molecule has 6 nitrogen and oxygen atoms in total. The minimum Gasteiger partial charge on any atom is -0.338 e. The predicted octanol–water partition coefficient (Wildman–Crippen LogP) is 3.83. The average molecular weight is 475 g/mol. The number of nitrogens with one attached hydrogen (secondary N) is 2. The van der Waals surface area contributed by atoms with Crippen molar-refractivity contribution in [2.75, 3.05) is 18.5 Å². The third kappa shape index (κ3) is 3.90. The molecule has 2 aromatic carbocycles. The summed E-state index contributed by atoms with van der Waals surface area (Å²) in [6.45, 7) is 4.65. The second kappa shape index (κ2) is 8.46. The number of benzene rings is 2. The van der Waals surface area contributed by atoms with Gasteiger partial charge in [-0.05, 0) is 86.4 Å². The number of halogens is 1. The quantitative estimate of drug-likeness (QED) is 0.690. The normalized spacial score (nSPS) is 25.2. The van der Waals surface area contributed by atoms with Gasteiger partial charge in [0.15, 0.2) is 0 Å². The van der Waals surface area contributed by atoms with Crippen molar-refractivity contribution in [1.29, 1.82) is 5.26 Å². The Hall–Kier alpha value is -3.24. The molecule has 3 heterocycles. The van der Waals surface area contributed by atoms with E-state index in [0.29, 0.717) is 17.0 Å². The van der Waals surface area contributed by atoms with E-state index in [9.17, 15) is 14.9 Å². The highest BCUT2D eigenvalue weighted by molar-refractivity contribution is 6.07. The molecule has 7 heteroatoms. The Morgan fingerprint density at radius 1 is 1.23 bits per heavy atom. The van der Waals surface area contributed by atoms with E-state index in [-0.39, 0.29) is 18.2 Å². The van der Waals surface area contributed by atoms with Crippen molar-refractivity contribution in [3.05, 3.63) is 53.3 Å². The molecule has 2 aromatic rings. The molecule has 2 saturated heterocycles. The first-order chi connectivity index (χ1) is 16.6. The summed E-state index contributed by atoms with van der Waals surface area (Å²) in [5.41, 5.74) is 2.50. The zero-order chi connectivity index (χ0) is 25.0. The fraction of sp³-hybridized carbons (Fsp3) is 0.464. The van der Waals surface area contributed by atoms with Crippen LogP contribution in [0.3, 0.4) is 0 Å².